The highest BCUT2D eigenvalue weighted by Crippen LogP contribution is 2.28. The molecule has 0 unspecified atom stereocenters. The molecule has 0 aromatic carbocycles. The maximum absolute atomic E-state index is 11.6. The Kier molecular flexibility index (Phi) is 5.64. The Morgan fingerprint density at radius 1 is 1.30 bits per heavy atom. The van der Waals surface area contributed by atoms with Crippen LogP contribution in [0.25, 0.3) is 0 Å². The van der Waals surface area contributed by atoms with Gasteiger partial charge in [0, 0.05) is 17.8 Å². The summed E-state index contributed by atoms with van der Waals surface area (Å²) in [5, 5.41) is 15.0. The van der Waals surface area contributed by atoms with E-state index < -0.39 is 0 Å². The second-order valence-electron chi connectivity index (χ2n) is 5.02. The van der Waals surface area contributed by atoms with E-state index in [9.17, 15) is 4.79 Å². The van der Waals surface area contributed by atoms with Crippen molar-refractivity contribution in [2.45, 2.75) is 43.9 Å². The lowest BCUT2D eigenvalue weighted by molar-refractivity contribution is 0.0950. The van der Waals surface area contributed by atoms with E-state index in [2.05, 4.69) is 27.1 Å². The molecule has 0 saturated heterocycles. The van der Waals surface area contributed by atoms with Crippen molar-refractivity contribution in [1.82, 2.24) is 15.5 Å². The first kappa shape index (κ1) is 15.1. The van der Waals surface area contributed by atoms with E-state index in [1.54, 1.807) is 6.07 Å². The molecule has 1 aromatic rings. The monoisotopic (exact) mass is 294 g/mol. The Labute approximate surface area is 124 Å². The Morgan fingerprint density at radius 3 is 2.60 bits per heavy atom. The number of thioether (sulfide) groups is 1. The summed E-state index contributed by atoms with van der Waals surface area (Å²) in [6, 6.07) is 4.02. The number of nitrogens with zero attached hydrogens (tertiary/aromatic N) is 2. The Bertz CT molecular complexity index is 429. The molecule has 0 atom stereocenters. The van der Waals surface area contributed by atoms with Crippen molar-refractivity contribution in [3.05, 3.63) is 17.8 Å². The fourth-order valence-corrected chi connectivity index (χ4v) is 3.18. The summed E-state index contributed by atoms with van der Waals surface area (Å²) in [7, 11) is 0. The molecule has 2 N–H and O–H groups in total. The van der Waals surface area contributed by atoms with Gasteiger partial charge in [-0.05, 0) is 51.0 Å². The molecule has 1 aliphatic carbocycles. The minimum Gasteiger partial charge on any atom is -0.366 e. The van der Waals surface area contributed by atoms with Gasteiger partial charge in [0.25, 0.3) is 5.91 Å². The molecule has 1 aliphatic rings. The molecule has 6 heteroatoms. The lowest BCUT2D eigenvalue weighted by Crippen LogP contribution is -2.28. The summed E-state index contributed by atoms with van der Waals surface area (Å²) in [6.45, 7) is 2.48. The summed E-state index contributed by atoms with van der Waals surface area (Å²) in [6.07, 6.45) is 7.03. The molecule has 1 aromatic heterocycles. The summed E-state index contributed by atoms with van der Waals surface area (Å²) in [5.74, 6) is 0.581. The number of hydrogen-bond donors (Lipinski definition) is 2. The standard InChI is InChI=1S/C14H22N4OS/c1-3-15-14(19)12-8-9-13(18-17-12)16-10-4-6-11(20-2)7-5-10/h8-11H,3-7H2,1-2H3,(H,15,19)(H,16,18). The third kappa shape index (κ3) is 4.10. The highest BCUT2D eigenvalue weighted by atomic mass is 32.2. The van der Waals surface area contributed by atoms with Gasteiger partial charge in [-0.25, -0.2) is 0 Å². The van der Waals surface area contributed by atoms with E-state index in [-0.39, 0.29) is 5.91 Å². The summed E-state index contributed by atoms with van der Waals surface area (Å²) in [4.78, 5) is 11.6. The number of nitrogens with one attached hydrogen (secondary N) is 2. The van der Waals surface area contributed by atoms with E-state index in [0.717, 1.165) is 11.1 Å². The molecule has 5 nitrogen and oxygen atoms in total. The van der Waals surface area contributed by atoms with Crippen LogP contribution >= 0.6 is 11.8 Å². The van der Waals surface area contributed by atoms with E-state index in [0.29, 0.717) is 18.3 Å². The van der Waals surface area contributed by atoms with Gasteiger partial charge in [-0.2, -0.15) is 11.8 Å². The molecule has 0 aliphatic heterocycles. The number of rotatable bonds is 5. The number of carbonyl (C=O) groups is 1. The topological polar surface area (TPSA) is 66.9 Å². The van der Waals surface area contributed by atoms with Crippen LogP contribution in [-0.4, -0.2) is 40.2 Å². The van der Waals surface area contributed by atoms with Crippen LogP contribution in [0.2, 0.25) is 0 Å². The summed E-state index contributed by atoms with van der Waals surface area (Å²) in [5.41, 5.74) is 0.364. The molecule has 1 amide bonds. The smallest absolute Gasteiger partial charge is 0.271 e. The van der Waals surface area contributed by atoms with Crippen molar-refractivity contribution in [2.24, 2.45) is 0 Å². The lowest BCUT2D eigenvalue weighted by atomic mass is 9.95. The molecule has 0 spiro atoms. The zero-order valence-corrected chi connectivity index (χ0v) is 12.9. The summed E-state index contributed by atoms with van der Waals surface area (Å²) >= 11 is 1.96. The molecule has 2 rings (SSSR count). The van der Waals surface area contributed by atoms with Crippen molar-refractivity contribution in [3.8, 4) is 0 Å². The average Bonchev–Trinajstić information content (AvgIpc) is 2.49. The van der Waals surface area contributed by atoms with Crippen molar-refractivity contribution in [3.63, 3.8) is 0 Å². The van der Waals surface area contributed by atoms with Gasteiger partial charge in [-0.15, -0.1) is 10.2 Å². The number of anilines is 1. The maximum Gasteiger partial charge on any atom is 0.271 e. The zero-order chi connectivity index (χ0) is 14.4. The van der Waals surface area contributed by atoms with Gasteiger partial charge < -0.3 is 10.6 Å². The van der Waals surface area contributed by atoms with E-state index in [1.807, 2.05) is 24.8 Å². The predicted octanol–water partition coefficient (Wildman–Crippen LogP) is 2.31. The molecule has 110 valence electrons. The number of amides is 1. The normalized spacial score (nSPS) is 22.3. The van der Waals surface area contributed by atoms with Crippen molar-refractivity contribution in [2.75, 3.05) is 18.1 Å². The molecule has 1 heterocycles. The van der Waals surface area contributed by atoms with Gasteiger partial charge in [-0.1, -0.05) is 0 Å². The maximum atomic E-state index is 11.6. The summed E-state index contributed by atoms with van der Waals surface area (Å²) < 4.78 is 0. The van der Waals surface area contributed by atoms with Crippen LogP contribution in [0.5, 0.6) is 0 Å². The molecular formula is C14H22N4OS. The fraction of sp³-hybridized carbons (Fsp3) is 0.643. The van der Waals surface area contributed by atoms with Gasteiger partial charge in [0.1, 0.15) is 5.82 Å². The first-order valence-electron chi connectivity index (χ1n) is 7.14. The first-order valence-corrected chi connectivity index (χ1v) is 8.43. The predicted molar refractivity (Wildman–Crippen MR) is 83.2 cm³/mol. The second-order valence-corrected chi connectivity index (χ2v) is 6.16. The minimum absolute atomic E-state index is 0.174. The van der Waals surface area contributed by atoms with Gasteiger partial charge >= 0.3 is 0 Å². The van der Waals surface area contributed by atoms with Crippen molar-refractivity contribution in [1.29, 1.82) is 0 Å². The second kappa shape index (κ2) is 7.47. The minimum atomic E-state index is -0.174. The van der Waals surface area contributed by atoms with Crippen molar-refractivity contribution < 1.29 is 4.79 Å². The molecular weight excluding hydrogens is 272 g/mol. The van der Waals surface area contributed by atoms with Crippen LogP contribution in [0.15, 0.2) is 12.1 Å². The zero-order valence-electron chi connectivity index (χ0n) is 12.1. The third-order valence-corrected chi connectivity index (χ3v) is 4.73. The van der Waals surface area contributed by atoms with Crippen LogP contribution in [-0.2, 0) is 0 Å². The molecule has 1 saturated carbocycles. The molecule has 1 fully saturated rings. The first-order chi connectivity index (χ1) is 9.72. The molecule has 0 bridgehead atoms. The SMILES string of the molecule is CCNC(=O)c1ccc(NC2CCC(SC)CC2)nn1. The largest absolute Gasteiger partial charge is 0.366 e. The highest BCUT2D eigenvalue weighted by molar-refractivity contribution is 7.99. The van der Waals surface area contributed by atoms with Crippen LogP contribution < -0.4 is 10.6 Å². The molecule has 0 radical (unpaired) electrons. The van der Waals surface area contributed by atoms with E-state index in [4.69, 9.17) is 0 Å². The number of aromatic nitrogens is 2. The van der Waals surface area contributed by atoms with Gasteiger partial charge in [0.05, 0.1) is 0 Å². The fourth-order valence-electron chi connectivity index (χ4n) is 2.43. The van der Waals surface area contributed by atoms with Crippen molar-refractivity contribution >= 4 is 23.5 Å². The van der Waals surface area contributed by atoms with E-state index >= 15 is 0 Å². The average molecular weight is 294 g/mol. The highest BCUT2D eigenvalue weighted by Gasteiger charge is 2.20. The van der Waals surface area contributed by atoms with Crippen LogP contribution in [0.3, 0.4) is 0 Å². The van der Waals surface area contributed by atoms with Crippen LogP contribution in [0.1, 0.15) is 43.1 Å². The van der Waals surface area contributed by atoms with E-state index in [1.165, 1.54) is 25.7 Å². The van der Waals surface area contributed by atoms with Gasteiger partial charge in [0.2, 0.25) is 0 Å². The Morgan fingerprint density at radius 2 is 2.05 bits per heavy atom. The third-order valence-electron chi connectivity index (χ3n) is 3.59. The molecule has 20 heavy (non-hydrogen) atoms. The number of hydrogen-bond acceptors (Lipinski definition) is 5. The van der Waals surface area contributed by atoms with Gasteiger partial charge in [0.15, 0.2) is 5.69 Å². The lowest BCUT2D eigenvalue weighted by Gasteiger charge is -2.28. The van der Waals surface area contributed by atoms with Crippen LogP contribution in [0.4, 0.5) is 5.82 Å². The van der Waals surface area contributed by atoms with Crippen LogP contribution in [0, 0.1) is 0 Å². The number of carbonyl (C=O) groups excluding carboxylic acids is 1. The quantitative estimate of drug-likeness (QED) is 0.872. The van der Waals surface area contributed by atoms with Gasteiger partial charge in [-0.3, -0.25) is 4.79 Å². The Balaban J connectivity index is 1.86. The Hall–Kier alpha value is -1.30.